The van der Waals surface area contributed by atoms with E-state index in [0.717, 1.165) is 16.7 Å². The summed E-state index contributed by atoms with van der Waals surface area (Å²) in [4.78, 5) is 4.60. The summed E-state index contributed by atoms with van der Waals surface area (Å²) in [5, 5.41) is 22.3. The molecule has 26 heavy (non-hydrogen) atoms. The molecule has 1 aliphatic heterocycles. The SMILES string of the molecule is COc1ccc2c(c1)C(C)(O)C1=NCCc3c(OC)c(OC)c(O)c-2c31. The second-order valence-corrected chi connectivity index (χ2v) is 6.61. The zero-order valence-corrected chi connectivity index (χ0v) is 15.2. The number of hydrogen-bond donors (Lipinski definition) is 2. The van der Waals surface area contributed by atoms with Crippen LogP contribution in [0, 0.1) is 0 Å². The molecule has 0 spiro atoms. The van der Waals surface area contributed by atoms with E-state index in [4.69, 9.17) is 14.2 Å². The Bertz CT molecular complexity index is 946. The van der Waals surface area contributed by atoms with Gasteiger partial charge in [0, 0.05) is 28.8 Å². The summed E-state index contributed by atoms with van der Waals surface area (Å²) in [6.07, 6.45) is 0.646. The number of aliphatic imine (C=N–C) groups is 1. The normalized spacial score (nSPS) is 20.0. The van der Waals surface area contributed by atoms with Gasteiger partial charge in [0.2, 0.25) is 5.75 Å². The maximum absolute atomic E-state index is 11.4. The van der Waals surface area contributed by atoms with Crippen molar-refractivity contribution in [1.29, 1.82) is 0 Å². The van der Waals surface area contributed by atoms with Crippen molar-refractivity contribution in [1.82, 2.24) is 0 Å². The van der Waals surface area contributed by atoms with Crippen molar-refractivity contribution < 1.29 is 24.4 Å². The van der Waals surface area contributed by atoms with Gasteiger partial charge in [-0.3, -0.25) is 4.99 Å². The average Bonchev–Trinajstić information content (AvgIpc) is 2.65. The molecular formula is C20H21NO5. The highest BCUT2D eigenvalue weighted by Crippen LogP contribution is 2.55. The molecule has 0 saturated heterocycles. The van der Waals surface area contributed by atoms with Crippen LogP contribution in [0.1, 0.15) is 23.6 Å². The van der Waals surface area contributed by atoms with Crippen molar-refractivity contribution >= 4 is 5.71 Å². The predicted octanol–water partition coefficient (Wildman–Crippen LogP) is 2.65. The van der Waals surface area contributed by atoms with Crippen molar-refractivity contribution in [2.24, 2.45) is 4.99 Å². The molecule has 2 aliphatic rings. The second kappa shape index (κ2) is 5.64. The van der Waals surface area contributed by atoms with Crippen LogP contribution in [0.3, 0.4) is 0 Å². The van der Waals surface area contributed by atoms with Crippen LogP contribution in [-0.4, -0.2) is 43.8 Å². The number of aromatic hydroxyl groups is 1. The first-order valence-corrected chi connectivity index (χ1v) is 8.42. The van der Waals surface area contributed by atoms with E-state index in [2.05, 4.69) is 4.99 Å². The summed E-state index contributed by atoms with van der Waals surface area (Å²) in [6, 6.07) is 5.43. The van der Waals surface area contributed by atoms with Crippen molar-refractivity contribution in [3.8, 4) is 34.1 Å². The number of methoxy groups -OCH3 is 3. The number of fused-ring (bicyclic) bond motifs is 2. The Balaban J connectivity index is 2.17. The van der Waals surface area contributed by atoms with Gasteiger partial charge < -0.3 is 24.4 Å². The molecule has 1 unspecified atom stereocenters. The molecule has 2 aromatic carbocycles. The van der Waals surface area contributed by atoms with Gasteiger partial charge in [0.05, 0.1) is 27.0 Å². The molecule has 4 rings (SSSR count). The molecular weight excluding hydrogens is 334 g/mol. The van der Waals surface area contributed by atoms with E-state index in [1.165, 1.54) is 7.11 Å². The molecule has 6 nitrogen and oxygen atoms in total. The molecule has 1 aliphatic carbocycles. The van der Waals surface area contributed by atoms with Gasteiger partial charge in [-0.2, -0.15) is 0 Å². The number of hydrogen-bond acceptors (Lipinski definition) is 6. The molecule has 0 radical (unpaired) electrons. The Hall–Kier alpha value is -2.73. The molecule has 0 fully saturated rings. The van der Waals surface area contributed by atoms with Crippen LogP contribution < -0.4 is 14.2 Å². The minimum Gasteiger partial charge on any atom is -0.504 e. The summed E-state index contributed by atoms with van der Waals surface area (Å²) in [5.74, 6) is 1.40. The van der Waals surface area contributed by atoms with Crippen LogP contribution in [-0.2, 0) is 12.0 Å². The van der Waals surface area contributed by atoms with E-state index in [9.17, 15) is 10.2 Å². The minimum atomic E-state index is -1.31. The number of ether oxygens (including phenoxy) is 3. The quantitative estimate of drug-likeness (QED) is 0.885. The van der Waals surface area contributed by atoms with Gasteiger partial charge in [0.25, 0.3) is 0 Å². The maximum atomic E-state index is 11.4. The zero-order chi connectivity index (χ0) is 18.6. The smallest absolute Gasteiger partial charge is 0.204 e. The predicted molar refractivity (Wildman–Crippen MR) is 97.9 cm³/mol. The molecule has 0 saturated carbocycles. The third-order valence-electron chi connectivity index (χ3n) is 5.24. The first-order valence-electron chi connectivity index (χ1n) is 8.42. The summed E-state index contributed by atoms with van der Waals surface area (Å²) in [5.41, 5.74) is 2.83. The lowest BCUT2D eigenvalue weighted by molar-refractivity contribution is 0.132. The van der Waals surface area contributed by atoms with Crippen molar-refractivity contribution in [2.75, 3.05) is 27.9 Å². The monoisotopic (exact) mass is 355 g/mol. The molecule has 1 atom stereocenters. The molecule has 0 bridgehead atoms. The molecule has 0 aromatic heterocycles. The van der Waals surface area contributed by atoms with E-state index in [-0.39, 0.29) is 5.75 Å². The standard InChI is InChI=1S/C20H21NO5/c1-20(23)13-9-10(24-2)5-6-11(13)14-15-12(7-8-21-19(15)20)17(25-3)18(26-4)16(14)22/h5-6,9,22-23H,7-8H2,1-4H3. The van der Waals surface area contributed by atoms with Crippen LogP contribution >= 0.6 is 0 Å². The lowest BCUT2D eigenvalue weighted by atomic mass is 9.71. The van der Waals surface area contributed by atoms with Crippen molar-refractivity contribution in [3.63, 3.8) is 0 Å². The largest absolute Gasteiger partial charge is 0.504 e. The van der Waals surface area contributed by atoms with E-state index < -0.39 is 5.60 Å². The Kier molecular flexibility index (Phi) is 3.63. The van der Waals surface area contributed by atoms with E-state index >= 15 is 0 Å². The summed E-state index contributed by atoms with van der Waals surface area (Å²) in [7, 11) is 4.63. The second-order valence-electron chi connectivity index (χ2n) is 6.61. The van der Waals surface area contributed by atoms with Gasteiger partial charge in [0.1, 0.15) is 11.4 Å². The van der Waals surface area contributed by atoms with Gasteiger partial charge in [-0.25, -0.2) is 0 Å². The maximum Gasteiger partial charge on any atom is 0.204 e. The fourth-order valence-electron chi connectivity index (χ4n) is 4.06. The fourth-order valence-corrected chi connectivity index (χ4v) is 4.06. The van der Waals surface area contributed by atoms with Gasteiger partial charge in [-0.1, -0.05) is 6.07 Å². The minimum absolute atomic E-state index is 0.0142. The Morgan fingerprint density at radius 3 is 2.42 bits per heavy atom. The number of rotatable bonds is 3. The zero-order valence-electron chi connectivity index (χ0n) is 15.2. The lowest BCUT2D eigenvalue weighted by Crippen LogP contribution is -2.39. The van der Waals surface area contributed by atoms with Crippen molar-refractivity contribution in [2.45, 2.75) is 18.9 Å². The number of phenolic OH excluding ortho intramolecular Hbond substituents is 1. The molecule has 2 N–H and O–H groups in total. The van der Waals surface area contributed by atoms with Crippen LogP contribution in [0.25, 0.3) is 11.1 Å². The number of phenols is 1. The molecule has 2 aromatic rings. The number of aliphatic hydroxyl groups is 1. The lowest BCUT2D eigenvalue weighted by Gasteiger charge is -2.38. The highest BCUT2D eigenvalue weighted by molar-refractivity contribution is 6.18. The van der Waals surface area contributed by atoms with E-state index in [1.807, 2.05) is 12.1 Å². The third-order valence-corrected chi connectivity index (χ3v) is 5.24. The average molecular weight is 355 g/mol. The van der Waals surface area contributed by atoms with Gasteiger partial charge in [0.15, 0.2) is 11.5 Å². The van der Waals surface area contributed by atoms with E-state index in [0.29, 0.717) is 47.1 Å². The highest BCUT2D eigenvalue weighted by Gasteiger charge is 2.44. The summed E-state index contributed by atoms with van der Waals surface area (Å²) < 4.78 is 16.3. The molecule has 1 heterocycles. The van der Waals surface area contributed by atoms with Crippen LogP contribution in [0.2, 0.25) is 0 Å². The van der Waals surface area contributed by atoms with E-state index in [1.54, 1.807) is 27.2 Å². The van der Waals surface area contributed by atoms with Gasteiger partial charge >= 0.3 is 0 Å². The molecule has 136 valence electrons. The Labute approximate surface area is 151 Å². The molecule has 6 heteroatoms. The number of benzene rings is 2. The Morgan fingerprint density at radius 1 is 1.04 bits per heavy atom. The summed E-state index contributed by atoms with van der Waals surface area (Å²) >= 11 is 0. The first kappa shape index (κ1) is 16.7. The summed E-state index contributed by atoms with van der Waals surface area (Å²) in [6.45, 7) is 2.25. The number of nitrogens with zero attached hydrogens (tertiary/aromatic N) is 1. The third kappa shape index (κ3) is 1.99. The first-order chi connectivity index (χ1) is 12.5. The highest BCUT2D eigenvalue weighted by atomic mass is 16.5. The van der Waals surface area contributed by atoms with Crippen LogP contribution in [0.15, 0.2) is 23.2 Å². The van der Waals surface area contributed by atoms with Gasteiger partial charge in [-0.05, 0) is 31.0 Å². The topological polar surface area (TPSA) is 80.5 Å². The van der Waals surface area contributed by atoms with Gasteiger partial charge in [-0.15, -0.1) is 0 Å². The fraction of sp³-hybridized carbons (Fsp3) is 0.350. The van der Waals surface area contributed by atoms with Crippen LogP contribution in [0.5, 0.6) is 23.0 Å². The Morgan fingerprint density at radius 2 is 1.77 bits per heavy atom. The van der Waals surface area contributed by atoms with Crippen LogP contribution in [0.4, 0.5) is 0 Å². The van der Waals surface area contributed by atoms with Crippen molar-refractivity contribution in [3.05, 3.63) is 34.9 Å². The molecule has 0 amide bonds.